The lowest BCUT2D eigenvalue weighted by molar-refractivity contribution is 0.730. The van der Waals surface area contributed by atoms with Gasteiger partial charge in [0.2, 0.25) is 0 Å². The van der Waals surface area contributed by atoms with Crippen molar-refractivity contribution < 1.29 is 0 Å². The minimum atomic E-state index is 0.532. The van der Waals surface area contributed by atoms with E-state index >= 15 is 0 Å². The molecular weight excluding hydrogens is 292 g/mol. The summed E-state index contributed by atoms with van der Waals surface area (Å²) in [6.07, 6.45) is 7.25. The van der Waals surface area contributed by atoms with Crippen LogP contribution >= 0.6 is 23.4 Å². The number of nitrogens with one attached hydrogen (secondary N) is 2. The summed E-state index contributed by atoms with van der Waals surface area (Å²) in [5, 5.41) is 7.14. The fourth-order valence-corrected chi connectivity index (χ4v) is 2.28. The van der Waals surface area contributed by atoms with Crippen LogP contribution in [0.5, 0.6) is 0 Å². The van der Waals surface area contributed by atoms with Gasteiger partial charge in [-0.2, -0.15) is 11.8 Å². The van der Waals surface area contributed by atoms with Gasteiger partial charge in [-0.3, -0.25) is 4.99 Å². The summed E-state index contributed by atoms with van der Waals surface area (Å²) in [5.74, 6) is 2.08. The molecule has 0 unspecified atom stereocenters. The Morgan fingerprint density at radius 3 is 2.75 bits per heavy atom. The van der Waals surface area contributed by atoms with E-state index < -0.39 is 0 Å². The van der Waals surface area contributed by atoms with Gasteiger partial charge < -0.3 is 10.6 Å². The van der Waals surface area contributed by atoms with Crippen molar-refractivity contribution in [2.75, 3.05) is 32.1 Å². The van der Waals surface area contributed by atoms with Gasteiger partial charge in [0.25, 0.3) is 0 Å². The Labute approximate surface area is 130 Å². The van der Waals surface area contributed by atoms with Crippen LogP contribution in [0.15, 0.2) is 23.3 Å². The Balaban J connectivity index is 2.16. The number of halogens is 1. The van der Waals surface area contributed by atoms with E-state index in [0.717, 1.165) is 31.0 Å². The van der Waals surface area contributed by atoms with Crippen LogP contribution in [0, 0.1) is 0 Å². The molecule has 0 aliphatic heterocycles. The molecule has 112 valence electrons. The second-order valence-electron chi connectivity index (χ2n) is 4.36. The standard InChI is InChI=1S/C14H23ClN4S/c1-16-14(17-8-3-4-10-20-2)18-9-7-12-5-6-13(15)19-11-12/h5-6,11H,3-4,7-10H2,1-2H3,(H2,16,17,18). The number of guanidine groups is 1. The van der Waals surface area contributed by atoms with Crippen LogP contribution in [-0.4, -0.2) is 43.1 Å². The van der Waals surface area contributed by atoms with Crippen molar-refractivity contribution >= 4 is 29.3 Å². The van der Waals surface area contributed by atoms with Crippen LogP contribution in [0.3, 0.4) is 0 Å². The maximum Gasteiger partial charge on any atom is 0.190 e. The molecule has 0 radical (unpaired) electrons. The Bertz CT molecular complexity index is 395. The fourth-order valence-electron chi connectivity index (χ4n) is 1.68. The molecule has 6 heteroatoms. The van der Waals surface area contributed by atoms with Crippen LogP contribution in [-0.2, 0) is 6.42 Å². The predicted molar refractivity (Wildman–Crippen MR) is 89.9 cm³/mol. The van der Waals surface area contributed by atoms with Gasteiger partial charge in [0.05, 0.1) is 0 Å². The Morgan fingerprint density at radius 2 is 2.10 bits per heavy atom. The van der Waals surface area contributed by atoms with Crippen LogP contribution in [0.1, 0.15) is 18.4 Å². The molecule has 0 spiro atoms. The number of rotatable bonds is 8. The molecule has 0 aliphatic rings. The number of aliphatic imine (C=N–C) groups is 1. The topological polar surface area (TPSA) is 49.3 Å². The number of pyridine rings is 1. The quantitative estimate of drug-likeness (QED) is 0.335. The van der Waals surface area contributed by atoms with E-state index in [0.29, 0.717) is 5.15 Å². The van der Waals surface area contributed by atoms with Crippen molar-refractivity contribution in [3.8, 4) is 0 Å². The fraction of sp³-hybridized carbons (Fsp3) is 0.571. The number of hydrogen-bond acceptors (Lipinski definition) is 3. The molecule has 1 aromatic heterocycles. The minimum Gasteiger partial charge on any atom is -0.356 e. The first kappa shape index (κ1) is 17.1. The molecule has 1 aromatic rings. The molecule has 0 saturated heterocycles. The Morgan fingerprint density at radius 1 is 1.30 bits per heavy atom. The third-order valence-corrected chi connectivity index (χ3v) is 3.71. The van der Waals surface area contributed by atoms with Crippen molar-refractivity contribution in [1.29, 1.82) is 0 Å². The van der Waals surface area contributed by atoms with Crippen molar-refractivity contribution in [3.05, 3.63) is 29.0 Å². The van der Waals surface area contributed by atoms with E-state index in [1.165, 1.54) is 18.6 Å². The van der Waals surface area contributed by atoms with Crippen molar-refractivity contribution in [2.45, 2.75) is 19.3 Å². The van der Waals surface area contributed by atoms with Crippen LogP contribution < -0.4 is 10.6 Å². The maximum absolute atomic E-state index is 5.75. The zero-order chi connectivity index (χ0) is 14.6. The molecule has 1 rings (SSSR count). The van der Waals surface area contributed by atoms with Crippen LogP contribution in [0.4, 0.5) is 0 Å². The van der Waals surface area contributed by atoms with Gasteiger partial charge in [-0.25, -0.2) is 4.98 Å². The average molecular weight is 315 g/mol. The minimum absolute atomic E-state index is 0.532. The zero-order valence-corrected chi connectivity index (χ0v) is 13.7. The first-order valence-corrected chi connectivity index (χ1v) is 8.57. The molecule has 1 heterocycles. The number of thioether (sulfide) groups is 1. The molecule has 2 N–H and O–H groups in total. The zero-order valence-electron chi connectivity index (χ0n) is 12.2. The van der Waals surface area contributed by atoms with E-state index in [1.807, 2.05) is 30.1 Å². The van der Waals surface area contributed by atoms with Gasteiger partial charge >= 0.3 is 0 Å². The van der Waals surface area contributed by atoms with Gasteiger partial charge in [-0.05, 0) is 42.9 Å². The number of nitrogens with zero attached hydrogens (tertiary/aromatic N) is 2. The summed E-state index contributed by atoms with van der Waals surface area (Å²) in [5.41, 5.74) is 1.16. The van der Waals surface area contributed by atoms with Crippen molar-refractivity contribution in [2.24, 2.45) is 4.99 Å². The van der Waals surface area contributed by atoms with Gasteiger partial charge in [-0.1, -0.05) is 17.7 Å². The number of aromatic nitrogens is 1. The molecular formula is C14H23ClN4S. The Kier molecular flexibility index (Phi) is 9.24. The highest BCUT2D eigenvalue weighted by Crippen LogP contribution is 2.05. The lowest BCUT2D eigenvalue weighted by atomic mass is 10.2. The third kappa shape index (κ3) is 7.60. The van der Waals surface area contributed by atoms with E-state index in [4.69, 9.17) is 11.6 Å². The largest absolute Gasteiger partial charge is 0.356 e. The number of hydrogen-bond donors (Lipinski definition) is 2. The lowest BCUT2D eigenvalue weighted by Gasteiger charge is -2.11. The van der Waals surface area contributed by atoms with E-state index in [2.05, 4.69) is 26.9 Å². The second-order valence-corrected chi connectivity index (χ2v) is 5.74. The molecule has 0 bridgehead atoms. The highest BCUT2D eigenvalue weighted by atomic mass is 35.5. The SMILES string of the molecule is CN=C(NCCCCSC)NCCc1ccc(Cl)nc1. The third-order valence-electron chi connectivity index (χ3n) is 2.79. The van der Waals surface area contributed by atoms with Gasteiger partial charge in [-0.15, -0.1) is 0 Å². The molecule has 0 saturated carbocycles. The van der Waals surface area contributed by atoms with Crippen LogP contribution in [0.2, 0.25) is 5.15 Å². The summed E-state index contributed by atoms with van der Waals surface area (Å²) in [6, 6.07) is 3.81. The van der Waals surface area contributed by atoms with E-state index in [1.54, 1.807) is 7.05 Å². The van der Waals surface area contributed by atoms with Crippen molar-refractivity contribution in [3.63, 3.8) is 0 Å². The molecule has 20 heavy (non-hydrogen) atoms. The predicted octanol–water partition coefficient (Wildman–Crippen LogP) is 2.59. The molecule has 0 aromatic carbocycles. The number of unbranched alkanes of at least 4 members (excludes halogenated alkanes) is 1. The Hall–Kier alpha value is -0.940. The summed E-state index contributed by atoms with van der Waals surface area (Å²) in [6.45, 7) is 1.79. The van der Waals surface area contributed by atoms with Gasteiger partial charge in [0, 0.05) is 26.3 Å². The van der Waals surface area contributed by atoms with E-state index in [-0.39, 0.29) is 0 Å². The highest BCUT2D eigenvalue weighted by Gasteiger charge is 1.98. The second kappa shape index (κ2) is 10.8. The maximum atomic E-state index is 5.75. The molecule has 0 atom stereocenters. The summed E-state index contributed by atoms with van der Waals surface area (Å²) in [4.78, 5) is 8.27. The molecule has 0 aliphatic carbocycles. The molecule has 4 nitrogen and oxygen atoms in total. The van der Waals surface area contributed by atoms with Crippen molar-refractivity contribution in [1.82, 2.24) is 15.6 Å². The highest BCUT2D eigenvalue weighted by molar-refractivity contribution is 7.98. The molecule has 0 fully saturated rings. The normalized spacial score (nSPS) is 11.4. The first-order chi connectivity index (χ1) is 9.76. The monoisotopic (exact) mass is 314 g/mol. The summed E-state index contributed by atoms with van der Waals surface area (Å²) in [7, 11) is 1.79. The lowest BCUT2D eigenvalue weighted by Crippen LogP contribution is -2.38. The first-order valence-electron chi connectivity index (χ1n) is 6.80. The van der Waals surface area contributed by atoms with Gasteiger partial charge in [0.15, 0.2) is 5.96 Å². The average Bonchev–Trinajstić information content (AvgIpc) is 2.47. The summed E-state index contributed by atoms with van der Waals surface area (Å²) >= 11 is 7.64. The van der Waals surface area contributed by atoms with E-state index in [9.17, 15) is 0 Å². The smallest absolute Gasteiger partial charge is 0.190 e. The summed E-state index contributed by atoms with van der Waals surface area (Å²) < 4.78 is 0. The van der Waals surface area contributed by atoms with Crippen LogP contribution in [0.25, 0.3) is 0 Å². The van der Waals surface area contributed by atoms with Gasteiger partial charge in [0.1, 0.15) is 5.15 Å². The molecule has 0 amide bonds.